The molecule has 0 bridgehead atoms. The van der Waals surface area contributed by atoms with Gasteiger partial charge in [-0.1, -0.05) is 91.0 Å². The van der Waals surface area contributed by atoms with E-state index in [1.807, 2.05) is 58.0 Å². The third-order valence-electron chi connectivity index (χ3n) is 6.64. The van der Waals surface area contributed by atoms with Crippen LogP contribution in [0, 0.1) is 0 Å². The van der Waals surface area contributed by atoms with Crippen molar-refractivity contribution in [3.8, 4) is 0 Å². The predicted octanol–water partition coefficient (Wildman–Crippen LogP) is 6.28. The minimum atomic E-state index is -0.717. The van der Waals surface area contributed by atoms with Gasteiger partial charge in [-0.3, -0.25) is 9.80 Å². The molecule has 1 saturated heterocycles. The van der Waals surface area contributed by atoms with E-state index >= 15 is 0 Å². The van der Waals surface area contributed by atoms with Gasteiger partial charge >= 0.3 is 6.09 Å². The lowest BCUT2D eigenvalue weighted by Crippen LogP contribution is -2.54. The molecule has 0 aliphatic carbocycles. The van der Waals surface area contributed by atoms with Crippen LogP contribution in [-0.4, -0.2) is 46.4 Å². The normalized spacial score (nSPS) is 17.2. The van der Waals surface area contributed by atoms with Crippen LogP contribution < -0.4 is 0 Å². The molecule has 5 heteroatoms. The van der Waals surface area contributed by atoms with Crippen LogP contribution in [0.3, 0.4) is 0 Å². The average molecular weight is 487 g/mol. The summed E-state index contributed by atoms with van der Waals surface area (Å²) in [6.07, 6.45) is -0.00954. The fourth-order valence-corrected chi connectivity index (χ4v) is 5.05. The Morgan fingerprint density at radius 1 is 0.833 bits per heavy atom. The second kappa shape index (κ2) is 11.3. The maximum atomic E-state index is 13.6. The molecule has 1 aliphatic heterocycles. The lowest BCUT2D eigenvalue weighted by atomic mass is 10.0. The second-order valence-electron chi connectivity index (χ2n) is 10.7. The van der Waals surface area contributed by atoms with E-state index in [1.165, 1.54) is 11.1 Å². The molecule has 1 aliphatic rings. The van der Waals surface area contributed by atoms with Crippen molar-refractivity contribution in [2.75, 3.05) is 13.2 Å². The van der Waals surface area contributed by atoms with Gasteiger partial charge in [0.2, 0.25) is 0 Å². The topological polar surface area (TPSA) is 42.0 Å². The third-order valence-corrected chi connectivity index (χ3v) is 6.64. The largest absolute Gasteiger partial charge is 0.444 e. The molecule has 1 fully saturated rings. The summed E-state index contributed by atoms with van der Waals surface area (Å²) in [4.78, 5) is 17.7. The fraction of sp³-hybridized carbons (Fsp3) is 0.387. The number of carbonyl (C=O) groups is 1. The molecule has 0 saturated carbocycles. The van der Waals surface area contributed by atoms with Gasteiger partial charge < -0.3 is 9.47 Å². The molecule has 1 atom stereocenters. The summed E-state index contributed by atoms with van der Waals surface area (Å²) >= 11 is 0. The quantitative estimate of drug-likeness (QED) is 0.357. The first-order valence-corrected chi connectivity index (χ1v) is 12.7. The number of hydrogen-bond donors (Lipinski definition) is 0. The molecule has 0 radical (unpaired) electrons. The summed E-state index contributed by atoms with van der Waals surface area (Å²) in [5.74, 6) is 0. The molecular formula is C31H38N2O3. The van der Waals surface area contributed by atoms with Crippen LogP contribution in [0.2, 0.25) is 0 Å². The Hall–Kier alpha value is -3.15. The Balaban J connectivity index is 1.58. The molecular weight excluding hydrogens is 448 g/mol. The molecule has 0 aromatic heterocycles. The Morgan fingerprint density at radius 2 is 1.31 bits per heavy atom. The molecule has 5 nitrogen and oxygen atoms in total. The third kappa shape index (κ3) is 6.74. The first kappa shape index (κ1) is 25.9. The first-order valence-electron chi connectivity index (χ1n) is 12.7. The molecule has 1 amide bonds. The fourth-order valence-electron chi connectivity index (χ4n) is 5.05. The summed E-state index contributed by atoms with van der Waals surface area (Å²) in [6.45, 7) is 10.5. The van der Waals surface area contributed by atoms with Crippen molar-refractivity contribution in [1.29, 1.82) is 0 Å². The van der Waals surface area contributed by atoms with Crippen molar-refractivity contribution in [2.45, 2.75) is 64.6 Å². The van der Waals surface area contributed by atoms with Gasteiger partial charge in [0.05, 0.1) is 12.1 Å². The monoisotopic (exact) mass is 486 g/mol. The van der Waals surface area contributed by atoms with Crippen molar-refractivity contribution in [1.82, 2.24) is 9.80 Å². The Labute approximate surface area is 215 Å². The van der Waals surface area contributed by atoms with E-state index in [0.29, 0.717) is 19.6 Å². The van der Waals surface area contributed by atoms with Gasteiger partial charge in [0.25, 0.3) is 0 Å². The van der Waals surface area contributed by atoms with E-state index in [9.17, 15) is 4.79 Å². The smallest absolute Gasteiger partial charge is 0.412 e. The lowest BCUT2D eigenvalue weighted by molar-refractivity contribution is -0.0608. The number of ether oxygens (including phenoxy) is 2. The van der Waals surface area contributed by atoms with Crippen LogP contribution in [0.5, 0.6) is 0 Å². The highest BCUT2D eigenvalue weighted by atomic mass is 16.6. The van der Waals surface area contributed by atoms with Gasteiger partial charge in [0, 0.05) is 26.1 Å². The average Bonchev–Trinajstić information content (AvgIpc) is 3.07. The zero-order valence-corrected chi connectivity index (χ0v) is 21.9. The van der Waals surface area contributed by atoms with Gasteiger partial charge in [0.1, 0.15) is 11.8 Å². The van der Waals surface area contributed by atoms with Gasteiger partial charge in [-0.2, -0.15) is 0 Å². The minimum absolute atomic E-state index is 0.320. The Bertz CT molecular complexity index is 1040. The number of hydrogen-bond acceptors (Lipinski definition) is 4. The maximum Gasteiger partial charge on any atom is 0.412 e. The van der Waals surface area contributed by atoms with Crippen molar-refractivity contribution < 1.29 is 14.3 Å². The first-order chi connectivity index (χ1) is 17.2. The number of benzene rings is 3. The number of carbonyl (C=O) groups excluding carboxylic acids is 1. The van der Waals surface area contributed by atoms with Crippen LogP contribution in [-0.2, 0) is 29.0 Å². The zero-order chi connectivity index (χ0) is 25.6. The molecule has 0 spiro atoms. The van der Waals surface area contributed by atoms with Crippen molar-refractivity contribution >= 4 is 6.09 Å². The molecule has 4 rings (SSSR count). The summed E-state index contributed by atoms with van der Waals surface area (Å²) in [5, 5.41) is 0. The summed E-state index contributed by atoms with van der Waals surface area (Å²) in [7, 11) is 0. The predicted molar refractivity (Wildman–Crippen MR) is 143 cm³/mol. The van der Waals surface area contributed by atoms with Crippen LogP contribution in [0.4, 0.5) is 4.79 Å². The van der Waals surface area contributed by atoms with Gasteiger partial charge in [-0.05, 0) is 44.4 Å². The highest BCUT2D eigenvalue weighted by Gasteiger charge is 2.50. The molecule has 3 aromatic rings. The van der Waals surface area contributed by atoms with E-state index in [0.717, 1.165) is 18.7 Å². The molecule has 1 heterocycles. The zero-order valence-electron chi connectivity index (χ0n) is 21.9. The number of rotatable bonds is 9. The Morgan fingerprint density at radius 3 is 1.75 bits per heavy atom. The van der Waals surface area contributed by atoms with E-state index < -0.39 is 11.3 Å². The SMILES string of the molecule is CC1(C)COC(C)(C)N1C(=O)OC(Cc1ccccc1)CN(Cc1ccccc1)Cc1ccccc1. The molecule has 1 unspecified atom stereocenters. The summed E-state index contributed by atoms with van der Waals surface area (Å²) < 4.78 is 12.2. The van der Waals surface area contributed by atoms with Crippen molar-refractivity contribution in [3.05, 3.63) is 108 Å². The number of amides is 1. The second-order valence-corrected chi connectivity index (χ2v) is 10.7. The van der Waals surface area contributed by atoms with Crippen LogP contribution >= 0.6 is 0 Å². The van der Waals surface area contributed by atoms with Gasteiger partial charge in [-0.25, -0.2) is 4.79 Å². The maximum absolute atomic E-state index is 13.6. The van der Waals surface area contributed by atoms with Gasteiger partial charge in [0.15, 0.2) is 0 Å². The van der Waals surface area contributed by atoms with Gasteiger partial charge in [-0.15, -0.1) is 0 Å². The van der Waals surface area contributed by atoms with E-state index in [2.05, 4.69) is 65.6 Å². The van der Waals surface area contributed by atoms with Crippen molar-refractivity contribution in [2.24, 2.45) is 0 Å². The van der Waals surface area contributed by atoms with E-state index in [1.54, 1.807) is 4.90 Å². The minimum Gasteiger partial charge on any atom is -0.444 e. The van der Waals surface area contributed by atoms with Crippen LogP contribution in [0.25, 0.3) is 0 Å². The molecule has 190 valence electrons. The highest BCUT2D eigenvalue weighted by Crippen LogP contribution is 2.35. The van der Waals surface area contributed by atoms with E-state index in [4.69, 9.17) is 9.47 Å². The highest BCUT2D eigenvalue weighted by molar-refractivity contribution is 5.70. The summed E-state index contributed by atoms with van der Waals surface area (Å²) in [5.41, 5.74) is 2.45. The van der Waals surface area contributed by atoms with Crippen LogP contribution in [0.1, 0.15) is 44.4 Å². The Kier molecular flexibility index (Phi) is 8.12. The summed E-state index contributed by atoms with van der Waals surface area (Å²) in [6, 6.07) is 31.1. The molecule has 36 heavy (non-hydrogen) atoms. The molecule has 3 aromatic carbocycles. The van der Waals surface area contributed by atoms with E-state index in [-0.39, 0.29) is 12.2 Å². The molecule has 0 N–H and O–H groups in total. The van der Waals surface area contributed by atoms with Crippen molar-refractivity contribution in [3.63, 3.8) is 0 Å². The number of nitrogens with zero attached hydrogens (tertiary/aromatic N) is 2. The van der Waals surface area contributed by atoms with Crippen LogP contribution in [0.15, 0.2) is 91.0 Å². The lowest BCUT2D eigenvalue weighted by Gasteiger charge is -2.38. The standard InChI is InChI=1S/C31H38N2O3/c1-30(2)24-35-31(3,4)33(30)29(34)36-28(20-25-14-8-5-9-15-25)23-32(21-26-16-10-6-11-17-26)22-27-18-12-7-13-19-27/h5-19,28H,20-24H2,1-4H3.